The molecule has 1 aliphatic heterocycles. The first-order chi connectivity index (χ1) is 19.6. The predicted molar refractivity (Wildman–Crippen MR) is 154 cm³/mol. The van der Waals surface area contributed by atoms with Crippen LogP contribution >= 0.6 is 11.3 Å². The van der Waals surface area contributed by atoms with E-state index in [-0.39, 0.29) is 23.4 Å². The van der Waals surface area contributed by atoms with Gasteiger partial charge < -0.3 is 25.4 Å². The first-order valence-corrected chi connectivity index (χ1v) is 13.9. The van der Waals surface area contributed by atoms with E-state index >= 15 is 0 Å². The highest BCUT2D eigenvalue weighted by molar-refractivity contribution is 7.11. The van der Waals surface area contributed by atoms with Gasteiger partial charge in [0.05, 0.1) is 18.2 Å². The highest BCUT2D eigenvalue weighted by Crippen LogP contribution is 2.38. The molecule has 2 atom stereocenters. The van der Waals surface area contributed by atoms with Gasteiger partial charge in [-0.2, -0.15) is 13.2 Å². The smallest absolute Gasteiger partial charge is 0.434 e. The van der Waals surface area contributed by atoms with Crippen LogP contribution in [-0.4, -0.2) is 57.3 Å². The fraction of sp³-hybridized carbons (Fsp3) is 0.393. The number of benzene rings is 1. The number of urea groups is 1. The number of aliphatic hydroxyl groups is 1. The van der Waals surface area contributed by atoms with Gasteiger partial charge in [-0.25, -0.2) is 14.6 Å². The van der Waals surface area contributed by atoms with Crippen molar-refractivity contribution in [2.24, 2.45) is 10.4 Å². The normalized spacial score (nSPS) is 16.5. The van der Waals surface area contributed by atoms with Gasteiger partial charge in [-0.05, 0) is 30.0 Å². The standard InChI is InChI=1S/C28H30F3N5O5S/c1-5-32-26(41)35-22-9-15(24-34-20(13-42-24)28(29,30)31)17(10-33-22)14-6-7-19-16(8-14)23(38)18(25(39)40)11-36(19)21(12-37)27(2,3)4/h6-8,10-11,13,21-22,37H,5,9,12H2,1-4H3,(H,39,40)(H2,32,35,41)/t21-,22?/m1/s1. The van der Waals surface area contributed by atoms with Gasteiger partial charge in [0, 0.05) is 47.3 Å². The van der Waals surface area contributed by atoms with Gasteiger partial charge >= 0.3 is 18.2 Å². The third kappa shape index (κ3) is 6.23. The van der Waals surface area contributed by atoms with Gasteiger partial charge in [0.1, 0.15) is 16.7 Å². The summed E-state index contributed by atoms with van der Waals surface area (Å²) >= 11 is 0.787. The molecule has 0 saturated carbocycles. The molecule has 2 amide bonds. The second-order valence-corrected chi connectivity index (χ2v) is 11.7. The number of halogens is 3. The Morgan fingerprint density at radius 1 is 1.24 bits per heavy atom. The van der Waals surface area contributed by atoms with E-state index in [4.69, 9.17) is 0 Å². The molecule has 0 spiro atoms. The van der Waals surface area contributed by atoms with Gasteiger partial charge in [-0.1, -0.05) is 26.8 Å². The highest BCUT2D eigenvalue weighted by Gasteiger charge is 2.35. The number of carbonyl (C=O) groups excluding carboxylic acids is 1. The summed E-state index contributed by atoms with van der Waals surface area (Å²) in [4.78, 5) is 45.6. The number of nitrogens with one attached hydrogen (secondary N) is 2. The predicted octanol–water partition coefficient (Wildman–Crippen LogP) is 4.79. The average molecular weight is 606 g/mol. The third-order valence-corrected chi connectivity index (χ3v) is 7.78. The van der Waals surface area contributed by atoms with Crippen molar-refractivity contribution in [3.63, 3.8) is 0 Å². The number of carboxylic acid groups (broad SMARTS) is 1. The molecule has 0 saturated heterocycles. The number of aromatic nitrogens is 2. The van der Waals surface area contributed by atoms with Crippen LogP contribution in [0, 0.1) is 5.41 Å². The number of nitrogens with zero attached hydrogens (tertiary/aromatic N) is 3. The van der Waals surface area contributed by atoms with Crippen molar-refractivity contribution in [3.8, 4) is 0 Å². The molecule has 4 rings (SSSR count). The molecular weight excluding hydrogens is 575 g/mol. The first-order valence-electron chi connectivity index (χ1n) is 13.0. The van der Waals surface area contributed by atoms with Crippen molar-refractivity contribution < 1.29 is 33.0 Å². The number of thiazole rings is 1. The fourth-order valence-electron chi connectivity index (χ4n) is 4.76. The molecular formula is C28H30F3N5O5S. The van der Waals surface area contributed by atoms with Crippen LogP contribution in [0.5, 0.6) is 0 Å². The summed E-state index contributed by atoms with van der Waals surface area (Å²) in [6.45, 7) is 7.38. The number of pyridine rings is 1. The van der Waals surface area contributed by atoms with E-state index in [1.54, 1.807) is 23.6 Å². The van der Waals surface area contributed by atoms with E-state index in [9.17, 15) is 37.8 Å². The van der Waals surface area contributed by atoms with Crippen molar-refractivity contribution >= 4 is 51.6 Å². The van der Waals surface area contributed by atoms with Crippen LogP contribution in [0.1, 0.15) is 66.8 Å². The quantitative estimate of drug-likeness (QED) is 0.305. The molecule has 1 unspecified atom stereocenters. The maximum absolute atomic E-state index is 13.4. The van der Waals surface area contributed by atoms with Gasteiger partial charge in [0.25, 0.3) is 0 Å². The van der Waals surface area contributed by atoms with Gasteiger partial charge in [0.2, 0.25) is 5.43 Å². The van der Waals surface area contributed by atoms with Gasteiger partial charge in [-0.15, -0.1) is 11.3 Å². The summed E-state index contributed by atoms with van der Waals surface area (Å²) in [7, 11) is 0. The molecule has 224 valence electrons. The zero-order chi connectivity index (χ0) is 31.0. The topological polar surface area (TPSA) is 146 Å². The number of hydrogen-bond acceptors (Lipinski definition) is 7. The van der Waals surface area contributed by atoms with Crippen molar-refractivity contribution in [3.05, 3.63) is 61.8 Å². The highest BCUT2D eigenvalue weighted by atomic mass is 32.1. The summed E-state index contributed by atoms with van der Waals surface area (Å²) in [6.07, 6.45) is -2.81. The molecule has 3 aromatic rings. The Balaban J connectivity index is 1.93. The summed E-state index contributed by atoms with van der Waals surface area (Å²) < 4.78 is 41.7. The van der Waals surface area contributed by atoms with Crippen LogP contribution in [-0.2, 0) is 6.18 Å². The molecule has 14 heteroatoms. The van der Waals surface area contributed by atoms with E-state index in [0.29, 0.717) is 28.8 Å². The minimum Gasteiger partial charge on any atom is -0.477 e. The molecule has 1 aliphatic rings. The molecule has 0 radical (unpaired) electrons. The molecule has 10 nitrogen and oxygen atoms in total. The number of aliphatic hydroxyl groups excluding tert-OH is 1. The van der Waals surface area contributed by atoms with E-state index in [0.717, 1.165) is 16.7 Å². The van der Waals surface area contributed by atoms with Crippen LogP contribution < -0.4 is 16.1 Å². The number of aliphatic imine (C=N–C) groups is 1. The molecule has 2 aromatic heterocycles. The third-order valence-electron chi connectivity index (χ3n) is 6.88. The van der Waals surface area contributed by atoms with Gasteiger partial charge in [-0.3, -0.25) is 9.79 Å². The average Bonchev–Trinajstić information content (AvgIpc) is 3.40. The monoisotopic (exact) mass is 605 g/mol. The first kappa shape index (κ1) is 30.9. The molecule has 0 bridgehead atoms. The zero-order valence-corrected chi connectivity index (χ0v) is 24.1. The van der Waals surface area contributed by atoms with Crippen LogP contribution in [0.4, 0.5) is 18.0 Å². The summed E-state index contributed by atoms with van der Waals surface area (Å²) in [6, 6.07) is 3.64. The number of rotatable bonds is 7. The van der Waals surface area contributed by atoms with Gasteiger partial charge in [0.15, 0.2) is 5.69 Å². The number of amides is 2. The summed E-state index contributed by atoms with van der Waals surface area (Å²) in [5.41, 5.74) is -1.31. The maximum Gasteiger partial charge on any atom is 0.434 e. The largest absolute Gasteiger partial charge is 0.477 e. The molecule has 1 aromatic carbocycles. The van der Waals surface area contributed by atoms with Crippen LogP contribution in [0.3, 0.4) is 0 Å². The molecule has 0 fully saturated rings. The number of carboxylic acids is 1. The fourth-order valence-corrected chi connectivity index (χ4v) is 5.65. The van der Waals surface area contributed by atoms with Crippen LogP contribution in [0.2, 0.25) is 0 Å². The minimum atomic E-state index is -4.66. The van der Waals surface area contributed by atoms with Crippen molar-refractivity contribution in [2.45, 2.75) is 52.5 Å². The number of allylic oxidation sites excluding steroid dienone is 1. The number of dihydropyridines is 1. The maximum atomic E-state index is 13.4. The van der Waals surface area contributed by atoms with E-state index < -0.39 is 52.5 Å². The Morgan fingerprint density at radius 3 is 2.52 bits per heavy atom. The Hall–Kier alpha value is -4.04. The van der Waals surface area contributed by atoms with E-state index in [1.165, 1.54) is 18.5 Å². The van der Waals surface area contributed by atoms with Crippen molar-refractivity contribution in [2.75, 3.05) is 13.2 Å². The second kappa shape index (κ2) is 11.7. The lowest BCUT2D eigenvalue weighted by molar-refractivity contribution is -0.140. The minimum absolute atomic E-state index is 0.0157. The Morgan fingerprint density at radius 2 is 1.95 bits per heavy atom. The second-order valence-electron chi connectivity index (χ2n) is 10.8. The molecule has 42 heavy (non-hydrogen) atoms. The SMILES string of the molecule is CCNC(=O)NC1CC(c2nc(C(F)(F)F)cs2)=C(c2ccc3c(c2)c(=O)c(C(=O)O)cn3[C@H](CO)C(C)(C)C)C=N1. The number of hydrogen-bond donors (Lipinski definition) is 4. The molecule has 0 aliphatic carbocycles. The summed E-state index contributed by atoms with van der Waals surface area (Å²) in [5, 5.41) is 26.2. The van der Waals surface area contributed by atoms with Crippen molar-refractivity contribution in [1.82, 2.24) is 20.2 Å². The van der Waals surface area contributed by atoms with Crippen molar-refractivity contribution in [1.29, 1.82) is 0 Å². The Bertz CT molecular complexity index is 1650. The Labute approximate surface area is 242 Å². The van der Waals surface area contributed by atoms with Crippen LogP contribution in [0.25, 0.3) is 22.0 Å². The lowest BCUT2D eigenvalue weighted by Gasteiger charge is -2.33. The van der Waals surface area contributed by atoms with Crippen LogP contribution in [0.15, 0.2) is 39.6 Å². The number of fused-ring (bicyclic) bond motifs is 1. The number of carbonyl (C=O) groups is 2. The lowest BCUT2D eigenvalue weighted by atomic mass is 9.86. The number of aromatic carboxylic acids is 1. The van der Waals surface area contributed by atoms with E-state index in [2.05, 4.69) is 20.6 Å². The molecule has 3 heterocycles. The van der Waals surface area contributed by atoms with E-state index in [1.807, 2.05) is 20.8 Å². The molecule has 4 N–H and O–H groups in total. The lowest BCUT2D eigenvalue weighted by Crippen LogP contribution is -2.42. The zero-order valence-electron chi connectivity index (χ0n) is 23.2. The summed E-state index contributed by atoms with van der Waals surface area (Å²) in [5.74, 6) is -1.44. The number of alkyl halides is 3. The Kier molecular flexibility index (Phi) is 8.60.